The van der Waals surface area contributed by atoms with E-state index in [9.17, 15) is 4.21 Å². The van der Waals surface area contributed by atoms with Crippen molar-refractivity contribution in [3.8, 4) is 0 Å². The highest BCUT2D eigenvalue weighted by Gasteiger charge is 2.31. The molecule has 0 bridgehead atoms. The van der Waals surface area contributed by atoms with Crippen molar-refractivity contribution in [1.82, 2.24) is 5.32 Å². The van der Waals surface area contributed by atoms with Crippen molar-refractivity contribution in [3.63, 3.8) is 0 Å². The van der Waals surface area contributed by atoms with Crippen LogP contribution in [0.15, 0.2) is 28.7 Å². The van der Waals surface area contributed by atoms with Gasteiger partial charge in [-0.3, -0.25) is 4.21 Å². The van der Waals surface area contributed by atoms with Gasteiger partial charge in [-0.05, 0) is 37.3 Å². The lowest BCUT2D eigenvalue weighted by atomic mass is 9.75. The van der Waals surface area contributed by atoms with E-state index in [0.717, 1.165) is 5.75 Å². The molecule has 1 aromatic rings. The third-order valence-corrected chi connectivity index (χ3v) is 5.18. The number of nitrogens with one attached hydrogen (secondary N) is 1. The molecule has 1 aromatic carbocycles. The summed E-state index contributed by atoms with van der Waals surface area (Å²) in [6.07, 6.45) is 4.13. The fraction of sp³-hybridized carbons (Fsp3) is 0.571. The zero-order valence-corrected chi connectivity index (χ0v) is 13.3. The first kappa shape index (κ1) is 14.2. The summed E-state index contributed by atoms with van der Waals surface area (Å²) in [5.74, 6) is 1.41. The molecule has 1 N–H and O–H groups in total. The van der Waals surface area contributed by atoms with Crippen molar-refractivity contribution in [2.75, 3.05) is 12.0 Å². The van der Waals surface area contributed by atoms with Crippen LogP contribution in [-0.2, 0) is 10.8 Å². The lowest BCUT2D eigenvalue weighted by Gasteiger charge is -2.38. The van der Waals surface area contributed by atoms with Gasteiger partial charge in [-0.15, -0.1) is 0 Å². The molecular formula is C14H20BrNOS. The quantitative estimate of drug-likeness (QED) is 0.899. The van der Waals surface area contributed by atoms with Crippen molar-refractivity contribution < 1.29 is 4.21 Å². The topological polar surface area (TPSA) is 29.1 Å². The van der Waals surface area contributed by atoms with Crippen LogP contribution in [0.2, 0.25) is 0 Å². The van der Waals surface area contributed by atoms with Gasteiger partial charge < -0.3 is 5.32 Å². The Morgan fingerprint density at radius 1 is 1.44 bits per heavy atom. The predicted molar refractivity (Wildman–Crippen MR) is 81.4 cm³/mol. The van der Waals surface area contributed by atoms with Crippen molar-refractivity contribution in [2.45, 2.75) is 37.8 Å². The first-order chi connectivity index (χ1) is 8.56. The monoisotopic (exact) mass is 329 g/mol. The second kappa shape index (κ2) is 6.31. The lowest BCUT2D eigenvalue weighted by Crippen LogP contribution is -2.46. The minimum atomic E-state index is -0.708. The van der Waals surface area contributed by atoms with E-state index in [1.165, 1.54) is 22.9 Å². The SMILES string of the molecule is CC(CS(C)=O)NC1CC(c2ccccc2Br)C1. The van der Waals surface area contributed by atoms with Crippen molar-refractivity contribution in [2.24, 2.45) is 0 Å². The Bertz CT molecular complexity index is 432. The molecule has 0 amide bonds. The van der Waals surface area contributed by atoms with E-state index in [0.29, 0.717) is 18.0 Å². The van der Waals surface area contributed by atoms with Gasteiger partial charge in [0, 0.05) is 39.4 Å². The van der Waals surface area contributed by atoms with E-state index in [-0.39, 0.29) is 0 Å². The average Bonchev–Trinajstić information content (AvgIpc) is 2.23. The Balaban J connectivity index is 1.81. The van der Waals surface area contributed by atoms with E-state index >= 15 is 0 Å². The third kappa shape index (κ3) is 3.65. The number of hydrogen-bond donors (Lipinski definition) is 1. The van der Waals surface area contributed by atoms with E-state index in [1.54, 1.807) is 6.26 Å². The number of halogens is 1. The van der Waals surface area contributed by atoms with Gasteiger partial charge in [0.1, 0.15) is 0 Å². The molecule has 100 valence electrons. The molecule has 2 rings (SSSR count). The third-order valence-electron chi connectivity index (χ3n) is 3.49. The summed E-state index contributed by atoms with van der Waals surface area (Å²) in [6, 6.07) is 9.40. The van der Waals surface area contributed by atoms with Crippen molar-refractivity contribution in [1.29, 1.82) is 0 Å². The molecule has 0 heterocycles. The Morgan fingerprint density at radius 3 is 2.72 bits per heavy atom. The maximum absolute atomic E-state index is 11.1. The van der Waals surface area contributed by atoms with Gasteiger partial charge in [0.15, 0.2) is 0 Å². The summed E-state index contributed by atoms with van der Waals surface area (Å²) in [5, 5.41) is 3.56. The molecule has 1 saturated carbocycles. The molecule has 4 heteroatoms. The van der Waals surface area contributed by atoms with E-state index in [1.807, 2.05) is 0 Å². The highest BCUT2D eigenvalue weighted by Crippen LogP contribution is 2.40. The molecule has 1 aliphatic rings. The predicted octanol–water partition coefficient (Wildman–Crippen LogP) is 3.05. The molecule has 0 aliphatic heterocycles. The van der Waals surface area contributed by atoms with Crippen molar-refractivity contribution >= 4 is 26.7 Å². The van der Waals surface area contributed by atoms with Crippen molar-refractivity contribution in [3.05, 3.63) is 34.3 Å². The maximum Gasteiger partial charge on any atom is 0.0383 e. The Kier molecular flexibility index (Phi) is 4.98. The van der Waals surface area contributed by atoms with Crippen LogP contribution in [0.25, 0.3) is 0 Å². The minimum absolute atomic E-state index is 0.348. The highest BCUT2D eigenvalue weighted by atomic mass is 79.9. The summed E-state index contributed by atoms with van der Waals surface area (Å²) in [5.41, 5.74) is 1.42. The van der Waals surface area contributed by atoms with E-state index < -0.39 is 10.8 Å². The molecule has 0 saturated heterocycles. The first-order valence-corrected chi connectivity index (χ1v) is 8.88. The average molecular weight is 330 g/mol. The summed E-state index contributed by atoms with van der Waals surface area (Å²) < 4.78 is 12.4. The lowest BCUT2D eigenvalue weighted by molar-refractivity contribution is 0.275. The molecule has 0 aromatic heterocycles. The standard InChI is InChI=1S/C14H20BrNOS/c1-10(9-18(2)17)16-12-7-11(8-12)13-5-3-4-6-14(13)15/h3-6,10-12,16H,7-9H2,1-2H3. The normalized spacial score (nSPS) is 26.4. The zero-order chi connectivity index (χ0) is 13.1. The van der Waals surface area contributed by atoms with E-state index in [2.05, 4.69) is 52.4 Å². The van der Waals surface area contributed by atoms with Gasteiger partial charge in [-0.1, -0.05) is 34.1 Å². The highest BCUT2D eigenvalue weighted by molar-refractivity contribution is 9.10. The summed E-state index contributed by atoms with van der Waals surface area (Å²) >= 11 is 3.61. The molecule has 0 radical (unpaired) electrons. The fourth-order valence-corrected chi connectivity index (χ4v) is 4.03. The molecule has 2 nitrogen and oxygen atoms in total. The van der Waals surface area contributed by atoms with Gasteiger partial charge >= 0.3 is 0 Å². The van der Waals surface area contributed by atoms with Gasteiger partial charge in [-0.25, -0.2) is 0 Å². The minimum Gasteiger partial charge on any atom is -0.311 e. The van der Waals surface area contributed by atoms with Crippen LogP contribution in [0.5, 0.6) is 0 Å². The van der Waals surface area contributed by atoms with Crippen LogP contribution in [-0.4, -0.2) is 28.3 Å². The maximum atomic E-state index is 11.1. The molecule has 1 fully saturated rings. The summed E-state index contributed by atoms with van der Waals surface area (Å²) in [4.78, 5) is 0. The second-order valence-electron chi connectivity index (χ2n) is 5.19. The molecular weight excluding hydrogens is 310 g/mol. The largest absolute Gasteiger partial charge is 0.311 e. The van der Waals surface area contributed by atoms with Crippen LogP contribution in [0.3, 0.4) is 0 Å². The molecule has 0 spiro atoms. The smallest absolute Gasteiger partial charge is 0.0383 e. The number of rotatable bonds is 5. The van der Waals surface area contributed by atoms with Crippen LogP contribution in [0.4, 0.5) is 0 Å². The Hall–Kier alpha value is -0.190. The summed E-state index contributed by atoms with van der Waals surface area (Å²) in [6.45, 7) is 2.12. The Labute approximate surface area is 120 Å². The van der Waals surface area contributed by atoms with Gasteiger partial charge in [0.05, 0.1) is 0 Å². The van der Waals surface area contributed by atoms with Crippen LogP contribution in [0, 0.1) is 0 Å². The molecule has 2 atom stereocenters. The van der Waals surface area contributed by atoms with Gasteiger partial charge in [-0.2, -0.15) is 0 Å². The van der Waals surface area contributed by atoms with Gasteiger partial charge in [0.25, 0.3) is 0 Å². The second-order valence-corrected chi connectivity index (χ2v) is 7.53. The van der Waals surface area contributed by atoms with Crippen LogP contribution < -0.4 is 5.32 Å². The number of benzene rings is 1. The first-order valence-electron chi connectivity index (χ1n) is 6.36. The molecule has 1 aliphatic carbocycles. The fourth-order valence-electron chi connectivity index (χ4n) is 2.62. The van der Waals surface area contributed by atoms with Crippen LogP contribution in [0.1, 0.15) is 31.2 Å². The van der Waals surface area contributed by atoms with Gasteiger partial charge in [0.2, 0.25) is 0 Å². The molecule has 2 unspecified atom stereocenters. The molecule has 18 heavy (non-hydrogen) atoms. The van der Waals surface area contributed by atoms with Crippen LogP contribution >= 0.6 is 15.9 Å². The Morgan fingerprint density at radius 2 is 2.11 bits per heavy atom. The zero-order valence-electron chi connectivity index (χ0n) is 10.9. The number of hydrogen-bond acceptors (Lipinski definition) is 2. The van der Waals surface area contributed by atoms with E-state index in [4.69, 9.17) is 0 Å². The summed E-state index contributed by atoms with van der Waals surface area (Å²) in [7, 11) is -0.708.